The summed E-state index contributed by atoms with van der Waals surface area (Å²) >= 11 is 0. The first-order chi connectivity index (χ1) is 11.3. The number of aromatic carboxylic acids is 1. The predicted molar refractivity (Wildman–Crippen MR) is 80.3 cm³/mol. The molecule has 1 heterocycles. The van der Waals surface area contributed by atoms with Crippen LogP contribution in [-0.2, 0) is 4.74 Å². The van der Waals surface area contributed by atoms with E-state index in [4.69, 9.17) is 14.6 Å². The van der Waals surface area contributed by atoms with Gasteiger partial charge in [0.05, 0.1) is 11.7 Å². The molecule has 1 saturated heterocycles. The smallest absolute Gasteiger partial charge is 0.414 e. The van der Waals surface area contributed by atoms with E-state index in [0.29, 0.717) is 18.8 Å². The van der Waals surface area contributed by atoms with Gasteiger partial charge in [-0.25, -0.2) is 4.79 Å². The van der Waals surface area contributed by atoms with Gasteiger partial charge in [0.15, 0.2) is 6.10 Å². The van der Waals surface area contributed by atoms with E-state index in [1.807, 2.05) is 4.90 Å². The number of carboxylic acids is 1. The number of hydrogen-bond donors (Lipinski definition) is 1. The van der Waals surface area contributed by atoms with Crippen molar-refractivity contribution in [1.29, 1.82) is 0 Å². The van der Waals surface area contributed by atoms with Gasteiger partial charge in [-0.15, -0.1) is 0 Å². The van der Waals surface area contributed by atoms with Gasteiger partial charge in [-0.1, -0.05) is 6.07 Å². The Labute approximate surface area is 138 Å². The van der Waals surface area contributed by atoms with Gasteiger partial charge in [-0.3, -0.25) is 4.90 Å². The summed E-state index contributed by atoms with van der Waals surface area (Å²) in [5.74, 6) is -0.626. The maximum Gasteiger partial charge on any atom is 0.414 e. The van der Waals surface area contributed by atoms with Crippen LogP contribution >= 0.6 is 0 Å². The molecule has 1 aromatic rings. The van der Waals surface area contributed by atoms with E-state index in [9.17, 15) is 18.0 Å². The van der Waals surface area contributed by atoms with Gasteiger partial charge in [0.1, 0.15) is 12.4 Å². The lowest BCUT2D eigenvalue weighted by molar-refractivity contribution is -0.228. The van der Waals surface area contributed by atoms with Gasteiger partial charge in [0.2, 0.25) is 0 Å². The molecule has 2 rings (SSSR count). The van der Waals surface area contributed by atoms with Crippen LogP contribution in [0.3, 0.4) is 0 Å². The third-order valence-electron chi connectivity index (χ3n) is 3.74. The van der Waals surface area contributed by atoms with Crippen molar-refractivity contribution in [3.63, 3.8) is 0 Å². The van der Waals surface area contributed by atoms with Gasteiger partial charge < -0.3 is 14.6 Å². The van der Waals surface area contributed by atoms with Crippen LogP contribution in [0.4, 0.5) is 13.2 Å². The Kier molecular flexibility index (Phi) is 6.06. The number of carboxylic acid groups (broad SMARTS) is 1. The third-order valence-corrected chi connectivity index (χ3v) is 3.74. The van der Waals surface area contributed by atoms with Crippen molar-refractivity contribution in [1.82, 2.24) is 4.90 Å². The average Bonchev–Trinajstić information content (AvgIpc) is 2.69. The van der Waals surface area contributed by atoms with E-state index in [2.05, 4.69) is 0 Å². The highest BCUT2D eigenvalue weighted by molar-refractivity contribution is 5.87. The number of hydrogen-bond acceptors (Lipinski definition) is 4. The van der Waals surface area contributed by atoms with E-state index in [0.717, 1.165) is 0 Å². The average molecular weight is 347 g/mol. The first kappa shape index (κ1) is 18.5. The van der Waals surface area contributed by atoms with E-state index in [1.54, 1.807) is 19.1 Å². The number of halogens is 3. The summed E-state index contributed by atoms with van der Waals surface area (Å²) in [4.78, 5) is 12.7. The molecule has 1 N–H and O–H groups in total. The molecular weight excluding hydrogens is 327 g/mol. The first-order valence-corrected chi connectivity index (χ1v) is 7.66. The van der Waals surface area contributed by atoms with E-state index >= 15 is 0 Å². The van der Waals surface area contributed by atoms with Crippen LogP contribution in [0.25, 0.3) is 0 Å². The van der Waals surface area contributed by atoms with Crippen molar-refractivity contribution >= 4 is 5.97 Å². The number of nitrogens with zero attached hydrogens (tertiary/aromatic N) is 1. The minimum atomic E-state index is -4.35. The second-order valence-corrected chi connectivity index (χ2v) is 5.75. The summed E-state index contributed by atoms with van der Waals surface area (Å²) in [6, 6.07) is 6.09. The standard InChI is InChI=1S/C16H20F3NO4/c1-11-10-20(6-5-14(24-11)16(17,18)19)7-8-23-13-4-2-3-12(9-13)15(21)22/h2-4,9,11,14H,5-8,10H2,1H3,(H,21,22). The molecule has 0 aromatic heterocycles. The molecule has 2 atom stereocenters. The molecule has 0 saturated carbocycles. The molecule has 1 aromatic carbocycles. The predicted octanol–water partition coefficient (Wildman–Crippen LogP) is 2.81. The zero-order valence-electron chi connectivity index (χ0n) is 13.3. The number of ether oxygens (including phenoxy) is 2. The van der Waals surface area contributed by atoms with E-state index in [1.165, 1.54) is 12.1 Å². The SMILES string of the molecule is CC1CN(CCOc2cccc(C(=O)O)c2)CCC(C(F)(F)F)O1. The molecule has 24 heavy (non-hydrogen) atoms. The quantitative estimate of drug-likeness (QED) is 0.888. The van der Waals surface area contributed by atoms with Crippen molar-refractivity contribution < 1.29 is 32.5 Å². The molecule has 1 fully saturated rings. The van der Waals surface area contributed by atoms with E-state index in [-0.39, 0.29) is 25.1 Å². The normalized spacial score (nSPS) is 22.8. The van der Waals surface area contributed by atoms with Crippen LogP contribution in [0.15, 0.2) is 24.3 Å². The summed E-state index contributed by atoms with van der Waals surface area (Å²) in [6.45, 7) is 2.98. The summed E-state index contributed by atoms with van der Waals surface area (Å²) in [6.07, 6.45) is -6.71. The fraction of sp³-hybridized carbons (Fsp3) is 0.562. The summed E-state index contributed by atoms with van der Waals surface area (Å²) in [7, 11) is 0. The molecule has 1 aliphatic heterocycles. The highest BCUT2D eigenvalue weighted by Gasteiger charge is 2.42. The van der Waals surface area contributed by atoms with Crippen molar-refractivity contribution in [3.8, 4) is 5.75 Å². The van der Waals surface area contributed by atoms with Crippen LogP contribution < -0.4 is 4.74 Å². The molecular formula is C16H20F3NO4. The molecule has 0 aliphatic carbocycles. The zero-order chi connectivity index (χ0) is 17.7. The molecule has 8 heteroatoms. The monoisotopic (exact) mass is 347 g/mol. The molecule has 0 amide bonds. The molecule has 1 aliphatic rings. The second kappa shape index (κ2) is 7.85. The molecule has 5 nitrogen and oxygen atoms in total. The Bertz CT molecular complexity index is 564. The summed E-state index contributed by atoms with van der Waals surface area (Å²) in [5, 5.41) is 8.92. The van der Waals surface area contributed by atoms with Crippen molar-refractivity contribution in [2.75, 3.05) is 26.2 Å². The highest BCUT2D eigenvalue weighted by atomic mass is 19.4. The fourth-order valence-electron chi connectivity index (χ4n) is 2.60. The lowest BCUT2D eigenvalue weighted by Crippen LogP contribution is -2.34. The Morgan fingerprint density at radius 1 is 1.46 bits per heavy atom. The lowest BCUT2D eigenvalue weighted by atomic mass is 10.2. The van der Waals surface area contributed by atoms with Gasteiger partial charge in [-0.05, 0) is 31.5 Å². The van der Waals surface area contributed by atoms with Crippen LogP contribution in [0, 0.1) is 0 Å². The Morgan fingerprint density at radius 2 is 2.21 bits per heavy atom. The highest BCUT2D eigenvalue weighted by Crippen LogP contribution is 2.28. The lowest BCUT2D eigenvalue weighted by Gasteiger charge is -2.22. The van der Waals surface area contributed by atoms with Crippen LogP contribution in [0.5, 0.6) is 5.75 Å². The van der Waals surface area contributed by atoms with Crippen molar-refractivity contribution in [2.24, 2.45) is 0 Å². The van der Waals surface area contributed by atoms with E-state index < -0.39 is 24.4 Å². The molecule has 2 unspecified atom stereocenters. The van der Waals surface area contributed by atoms with Gasteiger partial charge >= 0.3 is 12.1 Å². The van der Waals surface area contributed by atoms with Gasteiger partial charge in [-0.2, -0.15) is 13.2 Å². The maximum absolute atomic E-state index is 12.8. The maximum atomic E-state index is 12.8. The van der Waals surface area contributed by atoms with Gasteiger partial charge in [0, 0.05) is 19.6 Å². The number of rotatable bonds is 5. The minimum Gasteiger partial charge on any atom is -0.492 e. The summed E-state index contributed by atoms with van der Waals surface area (Å²) in [5.41, 5.74) is 0.123. The number of alkyl halides is 3. The number of carbonyl (C=O) groups is 1. The van der Waals surface area contributed by atoms with Crippen LogP contribution in [0.2, 0.25) is 0 Å². The molecule has 0 radical (unpaired) electrons. The van der Waals surface area contributed by atoms with Crippen molar-refractivity contribution in [3.05, 3.63) is 29.8 Å². The third kappa shape index (κ3) is 5.38. The second-order valence-electron chi connectivity index (χ2n) is 5.75. The zero-order valence-corrected chi connectivity index (χ0v) is 13.3. The topological polar surface area (TPSA) is 59.0 Å². The minimum absolute atomic E-state index is 0.109. The van der Waals surface area contributed by atoms with Crippen molar-refractivity contribution in [2.45, 2.75) is 31.7 Å². The number of benzene rings is 1. The molecule has 0 spiro atoms. The Hall–Kier alpha value is -1.80. The fourth-order valence-corrected chi connectivity index (χ4v) is 2.60. The largest absolute Gasteiger partial charge is 0.492 e. The Balaban J connectivity index is 1.84. The summed E-state index contributed by atoms with van der Waals surface area (Å²) < 4.78 is 48.9. The Morgan fingerprint density at radius 3 is 2.88 bits per heavy atom. The first-order valence-electron chi connectivity index (χ1n) is 7.66. The van der Waals surface area contributed by atoms with Crippen LogP contribution in [-0.4, -0.2) is 60.6 Å². The molecule has 0 bridgehead atoms. The molecule has 134 valence electrons. The van der Waals surface area contributed by atoms with Gasteiger partial charge in [0.25, 0.3) is 0 Å². The van der Waals surface area contributed by atoms with Crippen LogP contribution in [0.1, 0.15) is 23.7 Å².